The second-order valence-electron chi connectivity index (χ2n) is 3.11. The Morgan fingerprint density at radius 3 is 1.87 bits per heavy atom. The zero-order chi connectivity index (χ0) is 10.3. The number of hydrogen-bond donors (Lipinski definition) is 1. The highest BCUT2D eigenvalue weighted by atomic mass is 15.1. The van der Waals surface area contributed by atoms with Crippen molar-refractivity contribution < 1.29 is 0 Å². The molecule has 2 aliphatic carbocycles. The molecule has 0 bridgehead atoms. The van der Waals surface area contributed by atoms with Crippen LogP contribution in [-0.4, -0.2) is 10.2 Å². The minimum absolute atomic E-state index is 1.31. The van der Waals surface area contributed by atoms with Crippen molar-refractivity contribution in [3.63, 3.8) is 0 Å². The predicted octanol–water partition coefficient (Wildman–Crippen LogP) is 3.20. The summed E-state index contributed by atoms with van der Waals surface area (Å²) < 4.78 is 0. The molecule has 2 aliphatic rings. The van der Waals surface area contributed by atoms with Gasteiger partial charge in [-0.1, -0.05) is 48.5 Å². The minimum atomic E-state index is 1.31. The molecular formula is C13H12N2. The number of hydrogen-bond acceptors (Lipinski definition) is 1. The Hall–Kier alpha value is -2.09. The van der Waals surface area contributed by atoms with Crippen LogP contribution in [0.1, 0.15) is 0 Å². The van der Waals surface area contributed by atoms with E-state index in [0.29, 0.717) is 0 Å². The van der Waals surface area contributed by atoms with E-state index in [0.717, 1.165) is 0 Å². The lowest BCUT2D eigenvalue weighted by molar-refractivity contribution is 1.09. The third kappa shape index (κ3) is 2.68. The lowest BCUT2D eigenvalue weighted by atomic mass is 10.2. The number of aromatic nitrogens is 2. The van der Waals surface area contributed by atoms with Crippen LogP contribution in [0.4, 0.5) is 0 Å². The van der Waals surface area contributed by atoms with Gasteiger partial charge in [0.1, 0.15) is 0 Å². The molecule has 0 aliphatic heterocycles. The molecule has 0 fully saturated rings. The Kier molecular flexibility index (Phi) is 3.13. The van der Waals surface area contributed by atoms with E-state index in [1.807, 2.05) is 12.1 Å². The smallest absolute Gasteiger partial charge is 0.0487 e. The van der Waals surface area contributed by atoms with Gasteiger partial charge in [0.15, 0.2) is 0 Å². The maximum atomic E-state index is 3.60. The molecule has 0 unspecified atom stereocenters. The average molecular weight is 196 g/mol. The fourth-order valence-corrected chi connectivity index (χ4v) is 1.35. The van der Waals surface area contributed by atoms with E-state index in [-0.39, 0.29) is 0 Å². The van der Waals surface area contributed by atoms with Crippen molar-refractivity contribution in [1.29, 1.82) is 0 Å². The Morgan fingerprint density at radius 1 is 0.733 bits per heavy atom. The number of H-pyrrole nitrogens is 1. The molecule has 1 heterocycles. The Bertz CT molecular complexity index is 415. The van der Waals surface area contributed by atoms with Crippen LogP contribution in [0.25, 0.3) is 11.1 Å². The van der Waals surface area contributed by atoms with Crippen molar-refractivity contribution in [2.75, 3.05) is 0 Å². The number of nitrogens with one attached hydrogen (secondary N) is 1. The van der Waals surface area contributed by atoms with E-state index in [4.69, 9.17) is 0 Å². The van der Waals surface area contributed by atoms with Gasteiger partial charge in [0.05, 0.1) is 0 Å². The van der Waals surface area contributed by atoms with Crippen LogP contribution in [0.3, 0.4) is 0 Å². The second kappa shape index (κ2) is 4.96. The lowest BCUT2D eigenvalue weighted by Crippen LogP contribution is -1.59. The van der Waals surface area contributed by atoms with Gasteiger partial charge in [0.2, 0.25) is 0 Å². The van der Waals surface area contributed by atoms with Gasteiger partial charge in [-0.2, -0.15) is 5.10 Å². The molecule has 0 atom stereocenters. The van der Waals surface area contributed by atoms with E-state index in [2.05, 4.69) is 52.7 Å². The van der Waals surface area contributed by atoms with Crippen LogP contribution < -0.4 is 0 Å². The monoisotopic (exact) mass is 196 g/mol. The van der Waals surface area contributed by atoms with E-state index >= 15 is 0 Å². The van der Waals surface area contributed by atoms with Gasteiger partial charge in [-0.05, 0) is 17.2 Å². The first-order chi connectivity index (χ1) is 7.47. The third-order valence-corrected chi connectivity index (χ3v) is 2.06. The number of aromatic amines is 1. The van der Waals surface area contributed by atoms with Gasteiger partial charge in [0, 0.05) is 12.4 Å². The molecule has 74 valence electrons. The summed E-state index contributed by atoms with van der Waals surface area (Å²) in [6.07, 6.45) is 3.46. The normalized spacial score (nSPS) is 9.33. The van der Waals surface area contributed by atoms with Gasteiger partial charge in [-0.3, -0.25) is 5.10 Å². The standard InChI is InChI=1S/C10H8.C3H4N2/c1-2-5-9-7-4-8-10(9)6-3-1;1-2-4-5-3-1/h1-8H;1-3H,(H,4,5). The van der Waals surface area contributed by atoms with Crippen LogP contribution in [0.15, 0.2) is 67.0 Å². The SMILES string of the molecule is c1ccc2cccc-2cc1.c1cn[nH]c1. The summed E-state index contributed by atoms with van der Waals surface area (Å²) in [6, 6.07) is 18.5. The van der Waals surface area contributed by atoms with Crippen LogP contribution in [-0.2, 0) is 0 Å². The Morgan fingerprint density at radius 2 is 1.40 bits per heavy atom. The number of nitrogens with zero attached hydrogens (tertiary/aromatic N) is 1. The summed E-state index contributed by atoms with van der Waals surface area (Å²) in [7, 11) is 0. The maximum Gasteiger partial charge on any atom is 0.0487 e. The molecule has 2 heteroatoms. The molecule has 2 nitrogen and oxygen atoms in total. The summed E-state index contributed by atoms with van der Waals surface area (Å²) >= 11 is 0. The zero-order valence-corrected chi connectivity index (χ0v) is 8.30. The molecule has 0 saturated carbocycles. The topological polar surface area (TPSA) is 28.7 Å². The first-order valence-electron chi connectivity index (χ1n) is 4.84. The van der Waals surface area contributed by atoms with Crippen LogP contribution in [0.5, 0.6) is 0 Å². The van der Waals surface area contributed by atoms with Gasteiger partial charge < -0.3 is 0 Å². The lowest BCUT2D eigenvalue weighted by Gasteiger charge is -1.85. The van der Waals surface area contributed by atoms with E-state index in [9.17, 15) is 0 Å². The number of rotatable bonds is 0. The molecule has 0 aromatic carbocycles. The maximum absolute atomic E-state index is 3.60. The fourth-order valence-electron chi connectivity index (χ4n) is 1.35. The number of fused-ring (bicyclic) bond motifs is 1. The first-order valence-corrected chi connectivity index (χ1v) is 4.84. The highest BCUT2D eigenvalue weighted by Crippen LogP contribution is 2.19. The fraction of sp³-hybridized carbons (Fsp3) is 0. The minimum Gasteiger partial charge on any atom is -0.286 e. The molecule has 0 amide bonds. The Labute approximate surface area is 88.9 Å². The van der Waals surface area contributed by atoms with Gasteiger partial charge in [-0.25, -0.2) is 0 Å². The molecule has 1 aromatic heterocycles. The van der Waals surface area contributed by atoms with Crippen molar-refractivity contribution >= 4 is 0 Å². The highest BCUT2D eigenvalue weighted by Gasteiger charge is 1.94. The Balaban J connectivity index is 0.000000144. The van der Waals surface area contributed by atoms with Crippen LogP contribution in [0, 0.1) is 0 Å². The summed E-state index contributed by atoms with van der Waals surface area (Å²) in [6.45, 7) is 0. The summed E-state index contributed by atoms with van der Waals surface area (Å²) in [5.41, 5.74) is 2.62. The molecule has 0 spiro atoms. The van der Waals surface area contributed by atoms with Crippen molar-refractivity contribution in [2.24, 2.45) is 0 Å². The molecule has 15 heavy (non-hydrogen) atoms. The summed E-state index contributed by atoms with van der Waals surface area (Å²) in [4.78, 5) is 0. The first kappa shape index (κ1) is 9.46. The van der Waals surface area contributed by atoms with Crippen LogP contribution in [0.2, 0.25) is 0 Å². The summed E-state index contributed by atoms with van der Waals surface area (Å²) in [5, 5.41) is 6.21. The van der Waals surface area contributed by atoms with Gasteiger partial charge in [-0.15, -0.1) is 0 Å². The van der Waals surface area contributed by atoms with Crippen LogP contribution >= 0.6 is 0 Å². The van der Waals surface area contributed by atoms with E-state index < -0.39 is 0 Å². The second-order valence-corrected chi connectivity index (χ2v) is 3.11. The van der Waals surface area contributed by atoms with E-state index in [1.165, 1.54) is 11.1 Å². The third-order valence-electron chi connectivity index (χ3n) is 2.06. The van der Waals surface area contributed by atoms with E-state index in [1.54, 1.807) is 12.4 Å². The molecular weight excluding hydrogens is 184 g/mol. The van der Waals surface area contributed by atoms with Crippen molar-refractivity contribution in [3.8, 4) is 11.1 Å². The molecule has 0 saturated heterocycles. The molecule has 1 aromatic rings. The quantitative estimate of drug-likeness (QED) is 0.587. The van der Waals surface area contributed by atoms with Crippen molar-refractivity contribution in [2.45, 2.75) is 0 Å². The molecule has 3 rings (SSSR count). The molecule has 0 radical (unpaired) electrons. The van der Waals surface area contributed by atoms with Gasteiger partial charge >= 0.3 is 0 Å². The highest BCUT2D eigenvalue weighted by molar-refractivity contribution is 5.65. The summed E-state index contributed by atoms with van der Waals surface area (Å²) in [5.74, 6) is 0. The predicted molar refractivity (Wildman–Crippen MR) is 61.7 cm³/mol. The van der Waals surface area contributed by atoms with Crippen molar-refractivity contribution in [1.82, 2.24) is 10.2 Å². The largest absolute Gasteiger partial charge is 0.286 e. The molecule has 1 N–H and O–H groups in total. The van der Waals surface area contributed by atoms with Crippen molar-refractivity contribution in [3.05, 3.63) is 67.0 Å². The van der Waals surface area contributed by atoms with Gasteiger partial charge in [0.25, 0.3) is 0 Å². The zero-order valence-electron chi connectivity index (χ0n) is 8.30. The average Bonchev–Trinajstić information content (AvgIpc) is 2.90.